The second-order valence-electron chi connectivity index (χ2n) is 5.39. The van der Waals surface area contributed by atoms with Gasteiger partial charge in [-0.05, 0) is 34.5 Å². The van der Waals surface area contributed by atoms with Crippen LogP contribution in [-0.4, -0.2) is 46.2 Å². The van der Waals surface area contributed by atoms with E-state index in [2.05, 4.69) is 21.1 Å². The number of sulfonamides is 1. The van der Waals surface area contributed by atoms with Crippen LogP contribution < -0.4 is 4.72 Å². The Labute approximate surface area is 140 Å². The van der Waals surface area contributed by atoms with Gasteiger partial charge in [0.25, 0.3) is 0 Å². The van der Waals surface area contributed by atoms with Crippen LogP contribution in [0.15, 0.2) is 52.1 Å². The molecule has 0 unspecified atom stereocenters. The van der Waals surface area contributed by atoms with Crippen LogP contribution in [0.25, 0.3) is 0 Å². The van der Waals surface area contributed by atoms with Gasteiger partial charge in [-0.25, -0.2) is 13.1 Å². The van der Waals surface area contributed by atoms with Gasteiger partial charge < -0.3 is 4.74 Å². The maximum absolute atomic E-state index is 12.4. The number of hydrogen-bond donors (Lipinski definition) is 1. The van der Waals surface area contributed by atoms with Gasteiger partial charge in [-0.3, -0.25) is 4.90 Å². The standard InChI is InChI=1S/C16H20N2O3S2/c19-23(20,15-4-2-1-3-5-15)17-12-16(14-6-11-22-13-14)18-7-9-21-10-8-18/h1-6,11,13,16-17H,7-10,12H2/t16-/m1/s1. The van der Waals surface area contributed by atoms with Gasteiger partial charge in [0.1, 0.15) is 0 Å². The van der Waals surface area contributed by atoms with Crippen LogP contribution in [0.3, 0.4) is 0 Å². The molecule has 2 aromatic rings. The van der Waals surface area contributed by atoms with E-state index in [9.17, 15) is 8.42 Å². The Morgan fingerprint density at radius 1 is 1.17 bits per heavy atom. The maximum atomic E-state index is 12.4. The van der Waals surface area contributed by atoms with Crippen molar-refractivity contribution in [2.24, 2.45) is 0 Å². The lowest BCUT2D eigenvalue weighted by molar-refractivity contribution is 0.0173. The van der Waals surface area contributed by atoms with Crippen LogP contribution in [-0.2, 0) is 14.8 Å². The summed E-state index contributed by atoms with van der Waals surface area (Å²) in [5.41, 5.74) is 1.15. The fraction of sp³-hybridized carbons (Fsp3) is 0.375. The van der Waals surface area contributed by atoms with Gasteiger partial charge in [0.15, 0.2) is 0 Å². The van der Waals surface area contributed by atoms with Crippen LogP contribution in [0.2, 0.25) is 0 Å². The van der Waals surface area contributed by atoms with Gasteiger partial charge in [0, 0.05) is 25.7 Å². The van der Waals surface area contributed by atoms with E-state index in [-0.39, 0.29) is 6.04 Å². The first-order valence-electron chi connectivity index (χ1n) is 7.55. The lowest BCUT2D eigenvalue weighted by Crippen LogP contribution is -2.43. The highest BCUT2D eigenvalue weighted by Gasteiger charge is 2.25. The van der Waals surface area contributed by atoms with E-state index in [4.69, 9.17) is 4.74 Å². The summed E-state index contributed by atoms with van der Waals surface area (Å²) in [7, 11) is -3.49. The van der Waals surface area contributed by atoms with E-state index in [1.807, 2.05) is 5.38 Å². The molecule has 1 aliphatic rings. The number of hydrogen-bond acceptors (Lipinski definition) is 5. The van der Waals surface area contributed by atoms with Crippen molar-refractivity contribution >= 4 is 21.4 Å². The molecule has 0 bridgehead atoms. The maximum Gasteiger partial charge on any atom is 0.240 e. The highest BCUT2D eigenvalue weighted by Crippen LogP contribution is 2.24. The molecule has 0 saturated carbocycles. The molecular weight excluding hydrogens is 332 g/mol. The Bertz CT molecular complexity index is 696. The third-order valence-electron chi connectivity index (χ3n) is 3.93. The minimum atomic E-state index is -3.49. The van der Waals surface area contributed by atoms with Gasteiger partial charge in [0.2, 0.25) is 10.0 Å². The van der Waals surface area contributed by atoms with E-state index in [0.29, 0.717) is 24.7 Å². The smallest absolute Gasteiger partial charge is 0.240 e. The molecule has 1 fully saturated rings. The number of thiophene rings is 1. The van der Waals surface area contributed by atoms with Crippen molar-refractivity contribution < 1.29 is 13.2 Å². The normalized spacial score (nSPS) is 17.9. The molecule has 23 heavy (non-hydrogen) atoms. The van der Waals surface area contributed by atoms with Gasteiger partial charge >= 0.3 is 0 Å². The lowest BCUT2D eigenvalue weighted by atomic mass is 10.1. The summed E-state index contributed by atoms with van der Waals surface area (Å²) in [4.78, 5) is 2.57. The topological polar surface area (TPSA) is 58.6 Å². The summed E-state index contributed by atoms with van der Waals surface area (Å²) < 4.78 is 33.0. The van der Waals surface area contributed by atoms with E-state index >= 15 is 0 Å². The first-order chi connectivity index (χ1) is 11.2. The molecule has 7 heteroatoms. The fourth-order valence-electron chi connectivity index (χ4n) is 2.68. The second-order valence-corrected chi connectivity index (χ2v) is 7.93. The molecule has 1 saturated heterocycles. The molecule has 1 aliphatic heterocycles. The molecule has 1 N–H and O–H groups in total. The number of rotatable bonds is 6. The van der Waals surface area contributed by atoms with Crippen molar-refractivity contribution in [2.45, 2.75) is 10.9 Å². The summed E-state index contributed by atoms with van der Waals surface area (Å²) in [5.74, 6) is 0. The average molecular weight is 352 g/mol. The largest absolute Gasteiger partial charge is 0.379 e. The number of benzene rings is 1. The fourth-order valence-corrected chi connectivity index (χ4v) is 4.45. The number of nitrogens with zero attached hydrogens (tertiary/aromatic N) is 1. The van der Waals surface area contributed by atoms with E-state index in [1.54, 1.807) is 41.7 Å². The first kappa shape index (κ1) is 16.6. The van der Waals surface area contributed by atoms with Gasteiger partial charge in [-0.15, -0.1) is 0 Å². The summed E-state index contributed by atoms with van der Waals surface area (Å²) in [5, 5.41) is 4.10. The predicted molar refractivity (Wildman–Crippen MR) is 91.1 cm³/mol. The molecule has 3 rings (SSSR count). The predicted octanol–water partition coefficient (Wildman–Crippen LogP) is 2.10. The summed E-state index contributed by atoms with van der Waals surface area (Å²) in [6.45, 7) is 3.35. The summed E-state index contributed by atoms with van der Waals surface area (Å²) >= 11 is 1.63. The molecule has 0 amide bonds. The number of morpholine rings is 1. The first-order valence-corrected chi connectivity index (χ1v) is 9.98. The zero-order valence-electron chi connectivity index (χ0n) is 12.7. The van der Waals surface area contributed by atoms with Crippen molar-refractivity contribution in [2.75, 3.05) is 32.8 Å². The molecule has 0 radical (unpaired) electrons. The minimum absolute atomic E-state index is 0.0311. The number of nitrogens with one attached hydrogen (secondary N) is 1. The van der Waals surface area contributed by atoms with Crippen molar-refractivity contribution in [1.82, 2.24) is 9.62 Å². The molecule has 124 valence electrons. The second kappa shape index (κ2) is 7.55. The third kappa shape index (κ3) is 4.19. The highest BCUT2D eigenvalue weighted by atomic mass is 32.2. The quantitative estimate of drug-likeness (QED) is 0.865. The molecular formula is C16H20N2O3S2. The Kier molecular flexibility index (Phi) is 5.45. The zero-order valence-corrected chi connectivity index (χ0v) is 14.4. The average Bonchev–Trinajstić information content (AvgIpc) is 3.11. The van der Waals surface area contributed by atoms with E-state index < -0.39 is 10.0 Å². The Morgan fingerprint density at radius 2 is 1.91 bits per heavy atom. The Balaban J connectivity index is 1.74. The molecule has 1 atom stereocenters. The zero-order chi connectivity index (χ0) is 16.1. The van der Waals surface area contributed by atoms with Crippen molar-refractivity contribution in [3.05, 3.63) is 52.7 Å². The summed E-state index contributed by atoms with van der Waals surface area (Å²) in [6, 6.07) is 10.6. The lowest BCUT2D eigenvalue weighted by Gasteiger charge is -2.34. The van der Waals surface area contributed by atoms with Gasteiger partial charge in [0.05, 0.1) is 18.1 Å². The minimum Gasteiger partial charge on any atom is -0.379 e. The molecule has 5 nitrogen and oxygen atoms in total. The number of ether oxygens (including phenoxy) is 1. The Hall–Kier alpha value is -1.25. The van der Waals surface area contributed by atoms with Crippen LogP contribution in [0.4, 0.5) is 0 Å². The van der Waals surface area contributed by atoms with Crippen molar-refractivity contribution in [3.63, 3.8) is 0 Å². The van der Waals surface area contributed by atoms with E-state index in [0.717, 1.165) is 18.7 Å². The van der Waals surface area contributed by atoms with Crippen LogP contribution in [0, 0.1) is 0 Å². The molecule has 1 aromatic carbocycles. The Morgan fingerprint density at radius 3 is 2.57 bits per heavy atom. The van der Waals surface area contributed by atoms with Gasteiger partial charge in [-0.1, -0.05) is 18.2 Å². The van der Waals surface area contributed by atoms with Crippen molar-refractivity contribution in [3.8, 4) is 0 Å². The van der Waals surface area contributed by atoms with E-state index in [1.165, 1.54) is 0 Å². The van der Waals surface area contributed by atoms with Crippen LogP contribution >= 0.6 is 11.3 Å². The monoisotopic (exact) mass is 352 g/mol. The molecule has 0 aliphatic carbocycles. The van der Waals surface area contributed by atoms with Crippen LogP contribution in [0.5, 0.6) is 0 Å². The van der Waals surface area contributed by atoms with Crippen LogP contribution in [0.1, 0.15) is 11.6 Å². The van der Waals surface area contributed by atoms with Crippen molar-refractivity contribution in [1.29, 1.82) is 0 Å². The third-order valence-corrected chi connectivity index (χ3v) is 6.08. The summed E-state index contributed by atoms with van der Waals surface area (Å²) in [6.07, 6.45) is 0. The SMILES string of the molecule is O=S(=O)(NC[C@H](c1ccsc1)N1CCOCC1)c1ccccc1. The van der Waals surface area contributed by atoms with Gasteiger partial charge in [-0.2, -0.15) is 11.3 Å². The highest BCUT2D eigenvalue weighted by molar-refractivity contribution is 7.89. The molecule has 2 heterocycles. The molecule has 1 aromatic heterocycles. The molecule has 0 spiro atoms.